The molecule has 5 heteroatoms. The van der Waals surface area contributed by atoms with Crippen LogP contribution in [0, 0.1) is 11.3 Å². The summed E-state index contributed by atoms with van der Waals surface area (Å²) in [7, 11) is 0. The van der Waals surface area contributed by atoms with Gasteiger partial charge < -0.3 is 9.97 Å². The fourth-order valence-electron chi connectivity index (χ4n) is 1.01. The lowest BCUT2D eigenvalue weighted by atomic mass is 10.4. The maximum Gasteiger partial charge on any atom is 0.260 e. The maximum atomic E-state index is 11.1. The van der Waals surface area contributed by atoms with Crippen molar-refractivity contribution in [1.29, 1.82) is 5.26 Å². The van der Waals surface area contributed by atoms with Crippen LogP contribution in [0.4, 0.5) is 0 Å². The van der Waals surface area contributed by atoms with Crippen molar-refractivity contribution in [3.8, 4) is 6.07 Å². The second-order valence-electron chi connectivity index (χ2n) is 2.29. The second-order valence-corrected chi connectivity index (χ2v) is 2.29. The van der Waals surface area contributed by atoms with E-state index < -0.39 is 0 Å². The van der Waals surface area contributed by atoms with Gasteiger partial charge in [-0.2, -0.15) is 5.26 Å². The number of hydrogen-bond donors (Lipinski definition) is 2. The van der Waals surface area contributed by atoms with Gasteiger partial charge in [-0.3, -0.25) is 4.79 Å². The summed E-state index contributed by atoms with van der Waals surface area (Å²) < 4.78 is 0. The molecule has 2 aromatic heterocycles. The molecule has 0 fully saturated rings. The first-order valence-corrected chi connectivity index (χ1v) is 3.28. The molecule has 0 aromatic carbocycles. The molecular formula is C7H4N4O. The van der Waals surface area contributed by atoms with Crippen LogP contribution >= 0.6 is 0 Å². The van der Waals surface area contributed by atoms with Crippen molar-refractivity contribution in [3.63, 3.8) is 0 Å². The van der Waals surface area contributed by atoms with Gasteiger partial charge in [-0.15, -0.1) is 0 Å². The maximum absolute atomic E-state index is 11.1. The van der Waals surface area contributed by atoms with E-state index in [1.165, 1.54) is 12.4 Å². The molecule has 2 heterocycles. The molecule has 0 aliphatic carbocycles. The summed E-state index contributed by atoms with van der Waals surface area (Å²) in [5.74, 6) is 0. The molecule has 2 rings (SSSR count). The molecule has 0 bridgehead atoms. The minimum absolute atomic E-state index is 0.238. The van der Waals surface area contributed by atoms with Crippen molar-refractivity contribution in [2.75, 3.05) is 0 Å². The highest BCUT2D eigenvalue weighted by Crippen LogP contribution is 2.05. The molecule has 2 aromatic rings. The number of rotatable bonds is 0. The first-order valence-electron chi connectivity index (χ1n) is 3.28. The van der Waals surface area contributed by atoms with E-state index >= 15 is 0 Å². The van der Waals surface area contributed by atoms with Crippen LogP contribution in [0.5, 0.6) is 0 Å². The van der Waals surface area contributed by atoms with E-state index in [2.05, 4.69) is 15.0 Å². The van der Waals surface area contributed by atoms with Crippen molar-refractivity contribution < 1.29 is 0 Å². The Balaban J connectivity index is 2.95. The van der Waals surface area contributed by atoms with E-state index in [1.807, 2.05) is 6.07 Å². The van der Waals surface area contributed by atoms with Crippen LogP contribution in [0.15, 0.2) is 17.2 Å². The molecule has 5 nitrogen and oxygen atoms in total. The van der Waals surface area contributed by atoms with Crippen molar-refractivity contribution in [3.05, 3.63) is 28.4 Å². The molecule has 0 spiro atoms. The molecule has 0 saturated carbocycles. The highest BCUT2D eigenvalue weighted by molar-refractivity contribution is 5.75. The molecule has 2 N–H and O–H groups in total. The summed E-state index contributed by atoms with van der Waals surface area (Å²) in [6.07, 6.45) is 1.29. The van der Waals surface area contributed by atoms with Crippen molar-refractivity contribution in [1.82, 2.24) is 15.0 Å². The van der Waals surface area contributed by atoms with Crippen LogP contribution in [0.2, 0.25) is 0 Å². The van der Waals surface area contributed by atoms with Gasteiger partial charge >= 0.3 is 0 Å². The zero-order valence-electron chi connectivity index (χ0n) is 5.96. The lowest BCUT2D eigenvalue weighted by Gasteiger charge is -1.83. The summed E-state index contributed by atoms with van der Waals surface area (Å²) in [5.41, 5.74) is 0.544. The quantitative estimate of drug-likeness (QED) is 0.574. The van der Waals surface area contributed by atoms with Gasteiger partial charge in [0.25, 0.3) is 5.56 Å². The average Bonchev–Trinajstić information content (AvgIpc) is 2.49. The van der Waals surface area contributed by atoms with Gasteiger partial charge in [0.05, 0.1) is 11.7 Å². The first kappa shape index (κ1) is 6.61. The van der Waals surface area contributed by atoms with Gasteiger partial charge in [0.2, 0.25) is 0 Å². The minimum atomic E-state index is -0.238. The van der Waals surface area contributed by atoms with Crippen molar-refractivity contribution >= 4 is 11.0 Å². The Bertz CT molecular complexity index is 516. The number of fused-ring (bicyclic) bond motifs is 1. The Hall–Kier alpha value is -2.09. The number of nitriles is 1. The van der Waals surface area contributed by atoms with Crippen LogP contribution in [0.3, 0.4) is 0 Å². The zero-order valence-corrected chi connectivity index (χ0v) is 5.96. The van der Waals surface area contributed by atoms with Gasteiger partial charge in [0.15, 0.2) is 0 Å². The molecule has 58 valence electrons. The number of nitrogens with one attached hydrogen (secondary N) is 2. The molecule has 0 saturated heterocycles. The predicted octanol–water partition coefficient (Wildman–Crippen LogP) is 0.123. The van der Waals surface area contributed by atoms with Crippen LogP contribution in [0.25, 0.3) is 11.0 Å². The molecule has 0 amide bonds. The predicted molar refractivity (Wildman–Crippen MR) is 41.4 cm³/mol. The highest BCUT2D eigenvalue weighted by atomic mass is 16.1. The van der Waals surface area contributed by atoms with E-state index in [0.717, 1.165) is 0 Å². The van der Waals surface area contributed by atoms with Gasteiger partial charge in [0, 0.05) is 0 Å². The number of nitrogens with zero attached hydrogens (tertiary/aromatic N) is 2. The summed E-state index contributed by atoms with van der Waals surface area (Å²) in [6, 6.07) is 3.37. The Labute approximate surface area is 66.7 Å². The Morgan fingerprint density at radius 2 is 2.42 bits per heavy atom. The van der Waals surface area contributed by atoms with Gasteiger partial charge in [0.1, 0.15) is 17.4 Å². The smallest absolute Gasteiger partial charge is 0.260 e. The molecule has 12 heavy (non-hydrogen) atoms. The Kier molecular flexibility index (Phi) is 1.21. The third kappa shape index (κ3) is 0.787. The molecule has 0 unspecified atom stereocenters. The fraction of sp³-hybridized carbons (Fsp3) is 0. The Morgan fingerprint density at radius 3 is 3.08 bits per heavy atom. The molecular weight excluding hydrogens is 156 g/mol. The number of hydrogen-bond acceptors (Lipinski definition) is 3. The number of aromatic nitrogens is 3. The summed E-state index contributed by atoms with van der Waals surface area (Å²) in [4.78, 5) is 20.0. The SMILES string of the molecule is N#Cc1cc2c(=O)[nH]cnc2[nH]1. The van der Waals surface area contributed by atoms with Crippen LogP contribution in [-0.4, -0.2) is 15.0 Å². The molecule has 0 aliphatic rings. The topological polar surface area (TPSA) is 85.3 Å². The molecule has 0 aliphatic heterocycles. The third-order valence-corrected chi connectivity index (χ3v) is 1.55. The van der Waals surface area contributed by atoms with E-state index in [9.17, 15) is 4.79 Å². The van der Waals surface area contributed by atoms with Crippen LogP contribution < -0.4 is 5.56 Å². The van der Waals surface area contributed by atoms with Gasteiger partial charge in [-0.25, -0.2) is 4.98 Å². The highest BCUT2D eigenvalue weighted by Gasteiger charge is 2.02. The van der Waals surface area contributed by atoms with E-state index in [1.54, 1.807) is 0 Å². The van der Waals surface area contributed by atoms with Gasteiger partial charge in [-0.1, -0.05) is 0 Å². The lowest BCUT2D eigenvalue weighted by molar-refractivity contribution is 1.16. The van der Waals surface area contributed by atoms with Crippen molar-refractivity contribution in [2.24, 2.45) is 0 Å². The Morgan fingerprint density at radius 1 is 1.58 bits per heavy atom. The second kappa shape index (κ2) is 2.20. The van der Waals surface area contributed by atoms with Crippen LogP contribution in [-0.2, 0) is 0 Å². The van der Waals surface area contributed by atoms with E-state index in [-0.39, 0.29) is 5.56 Å². The fourth-order valence-corrected chi connectivity index (χ4v) is 1.01. The van der Waals surface area contributed by atoms with Gasteiger partial charge in [-0.05, 0) is 6.07 Å². The summed E-state index contributed by atoms with van der Waals surface area (Å²) in [5, 5.41) is 8.92. The summed E-state index contributed by atoms with van der Waals surface area (Å²) >= 11 is 0. The normalized spacial score (nSPS) is 9.92. The first-order chi connectivity index (χ1) is 5.81. The monoisotopic (exact) mass is 160 g/mol. The largest absolute Gasteiger partial charge is 0.331 e. The van der Waals surface area contributed by atoms with E-state index in [4.69, 9.17) is 5.26 Å². The third-order valence-electron chi connectivity index (χ3n) is 1.55. The zero-order chi connectivity index (χ0) is 8.55. The number of H-pyrrole nitrogens is 2. The lowest BCUT2D eigenvalue weighted by Crippen LogP contribution is -2.04. The average molecular weight is 160 g/mol. The number of aromatic amines is 2. The van der Waals surface area contributed by atoms with E-state index in [0.29, 0.717) is 16.7 Å². The van der Waals surface area contributed by atoms with Crippen molar-refractivity contribution in [2.45, 2.75) is 0 Å². The van der Waals surface area contributed by atoms with Crippen LogP contribution in [0.1, 0.15) is 5.69 Å². The molecule has 0 radical (unpaired) electrons. The summed E-state index contributed by atoms with van der Waals surface area (Å²) in [6.45, 7) is 0. The standard InChI is InChI=1S/C7H4N4O/c8-2-4-1-5-6(11-4)9-3-10-7(5)12/h1,3H,(H2,9,10,11,12). The minimum Gasteiger partial charge on any atom is -0.331 e. The molecule has 0 atom stereocenters.